The molecule has 0 fully saturated rings. The summed E-state index contributed by atoms with van der Waals surface area (Å²) in [5.41, 5.74) is 1.54. The monoisotopic (exact) mass is 341 g/mol. The van der Waals surface area contributed by atoms with Crippen molar-refractivity contribution in [3.8, 4) is 5.75 Å². The number of hydrogen-bond acceptors (Lipinski definition) is 2. The summed E-state index contributed by atoms with van der Waals surface area (Å²) < 4.78 is 28.5. The molecule has 0 heterocycles. The average molecular weight is 341 g/mol. The van der Waals surface area contributed by atoms with Crippen molar-refractivity contribution in [1.82, 2.24) is 5.32 Å². The number of amides is 1. The van der Waals surface area contributed by atoms with E-state index in [1.54, 1.807) is 18.2 Å². The third-order valence-corrected chi connectivity index (χ3v) is 3.86. The van der Waals surface area contributed by atoms with E-state index >= 15 is 0 Å². The van der Waals surface area contributed by atoms with Crippen molar-refractivity contribution >= 4 is 16.7 Å². The van der Waals surface area contributed by atoms with Crippen molar-refractivity contribution in [1.29, 1.82) is 0 Å². The van der Waals surface area contributed by atoms with E-state index < -0.39 is 6.61 Å². The van der Waals surface area contributed by atoms with Gasteiger partial charge in [0.15, 0.2) is 0 Å². The van der Waals surface area contributed by atoms with Gasteiger partial charge in [0.05, 0.1) is 0 Å². The van der Waals surface area contributed by atoms with Crippen LogP contribution in [0.15, 0.2) is 66.7 Å². The molecule has 1 amide bonds. The fourth-order valence-corrected chi connectivity index (χ4v) is 2.59. The molecule has 5 heteroatoms. The summed E-state index contributed by atoms with van der Waals surface area (Å²) in [6, 6.07) is 19.8. The van der Waals surface area contributed by atoms with E-state index in [1.807, 2.05) is 36.4 Å². The van der Waals surface area contributed by atoms with E-state index in [-0.39, 0.29) is 11.7 Å². The van der Waals surface area contributed by atoms with Crippen LogP contribution in [0.2, 0.25) is 0 Å². The van der Waals surface area contributed by atoms with Crippen molar-refractivity contribution in [3.63, 3.8) is 0 Å². The van der Waals surface area contributed by atoms with Crippen LogP contribution in [0.1, 0.15) is 15.9 Å². The molecule has 3 nitrogen and oxygen atoms in total. The molecule has 3 aromatic rings. The van der Waals surface area contributed by atoms with Crippen LogP contribution in [0.3, 0.4) is 0 Å². The SMILES string of the molecule is O=C(NCCc1ccc(OC(F)F)cc1)c1ccc2ccccc2c1. The van der Waals surface area contributed by atoms with Crippen LogP contribution in [-0.2, 0) is 6.42 Å². The van der Waals surface area contributed by atoms with E-state index in [2.05, 4.69) is 10.1 Å². The van der Waals surface area contributed by atoms with Gasteiger partial charge in [0, 0.05) is 12.1 Å². The van der Waals surface area contributed by atoms with Gasteiger partial charge < -0.3 is 10.1 Å². The molecule has 0 radical (unpaired) electrons. The molecule has 0 aliphatic rings. The predicted octanol–water partition coefficient (Wildman–Crippen LogP) is 4.41. The van der Waals surface area contributed by atoms with Crippen LogP contribution in [-0.4, -0.2) is 19.1 Å². The number of ether oxygens (including phenoxy) is 1. The molecule has 0 saturated heterocycles. The van der Waals surface area contributed by atoms with Gasteiger partial charge in [-0.15, -0.1) is 0 Å². The van der Waals surface area contributed by atoms with Crippen LogP contribution in [0.25, 0.3) is 10.8 Å². The summed E-state index contributed by atoms with van der Waals surface area (Å²) in [5, 5.41) is 4.98. The molecule has 0 aromatic heterocycles. The number of nitrogens with one attached hydrogen (secondary N) is 1. The van der Waals surface area contributed by atoms with Gasteiger partial charge in [-0.25, -0.2) is 0 Å². The maximum absolute atomic E-state index is 12.2. The fraction of sp³-hybridized carbons (Fsp3) is 0.150. The second-order valence-electron chi connectivity index (χ2n) is 5.59. The summed E-state index contributed by atoms with van der Waals surface area (Å²) in [5.74, 6) is -0.0117. The van der Waals surface area contributed by atoms with Gasteiger partial charge in [0.25, 0.3) is 5.91 Å². The Balaban J connectivity index is 1.54. The highest BCUT2D eigenvalue weighted by molar-refractivity contribution is 5.98. The molecule has 0 unspecified atom stereocenters. The number of halogens is 2. The van der Waals surface area contributed by atoms with E-state index in [1.165, 1.54) is 12.1 Å². The number of alkyl halides is 2. The second kappa shape index (κ2) is 7.75. The van der Waals surface area contributed by atoms with Crippen LogP contribution >= 0.6 is 0 Å². The molecule has 0 bridgehead atoms. The van der Waals surface area contributed by atoms with Crippen LogP contribution in [0, 0.1) is 0 Å². The Morgan fingerprint density at radius 3 is 2.40 bits per heavy atom. The summed E-state index contributed by atoms with van der Waals surface area (Å²) in [7, 11) is 0. The minimum absolute atomic E-state index is 0.124. The van der Waals surface area contributed by atoms with Gasteiger partial charge in [-0.3, -0.25) is 4.79 Å². The molecule has 0 atom stereocenters. The normalized spacial score (nSPS) is 10.8. The molecule has 25 heavy (non-hydrogen) atoms. The topological polar surface area (TPSA) is 38.3 Å². The number of carbonyl (C=O) groups is 1. The third kappa shape index (κ3) is 4.53. The lowest BCUT2D eigenvalue weighted by atomic mass is 10.1. The maximum atomic E-state index is 12.2. The molecular formula is C20H17F2NO2. The Hall–Kier alpha value is -2.95. The number of fused-ring (bicyclic) bond motifs is 1. The van der Waals surface area contributed by atoms with Gasteiger partial charge in [-0.05, 0) is 47.0 Å². The summed E-state index contributed by atoms with van der Waals surface area (Å²) in [4.78, 5) is 12.2. The van der Waals surface area contributed by atoms with Crippen molar-refractivity contribution in [2.75, 3.05) is 6.54 Å². The van der Waals surface area contributed by atoms with Crippen molar-refractivity contribution in [2.24, 2.45) is 0 Å². The Labute approximate surface area is 144 Å². The zero-order chi connectivity index (χ0) is 17.6. The summed E-state index contributed by atoms with van der Waals surface area (Å²) in [6.07, 6.45) is 0.605. The van der Waals surface area contributed by atoms with E-state index in [0.717, 1.165) is 16.3 Å². The second-order valence-corrected chi connectivity index (χ2v) is 5.59. The molecular weight excluding hydrogens is 324 g/mol. The lowest BCUT2D eigenvalue weighted by molar-refractivity contribution is -0.0498. The van der Waals surface area contributed by atoms with Gasteiger partial charge in [0.1, 0.15) is 5.75 Å². The first-order valence-electron chi connectivity index (χ1n) is 7.92. The van der Waals surface area contributed by atoms with Crippen molar-refractivity contribution < 1.29 is 18.3 Å². The molecule has 0 aliphatic heterocycles. The molecule has 128 valence electrons. The maximum Gasteiger partial charge on any atom is 0.387 e. The van der Waals surface area contributed by atoms with E-state index in [9.17, 15) is 13.6 Å². The molecule has 3 rings (SSSR count). The first kappa shape index (κ1) is 16.9. The summed E-state index contributed by atoms with van der Waals surface area (Å²) in [6.45, 7) is -2.37. The third-order valence-electron chi connectivity index (χ3n) is 3.86. The number of benzene rings is 3. The Morgan fingerprint density at radius 1 is 0.960 bits per heavy atom. The lowest BCUT2D eigenvalue weighted by Gasteiger charge is -2.08. The van der Waals surface area contributed by atoms with Crippen LogP contribution in [0.5, 0.6) is 5.75 Å². The number of hydrogen-bond donors (Lipinski definition) is 1. The number of rotatable bonds is 6. The van der Waals surface area contributed by atoms with Gasteiger partial charge >= 0.3 is 6.61 Å². The number of carbonyl (C=O) groups excluding carboxylic acids is 1. The standard InChI is InChI=1S/C20H17F2NO2/c21-20(22)25-18-9-5-14(6-10-18)11-12-23-19(24)17-8-7-15-3-1-2-4-16(15)13-17/h1-10,13,20H,11-12H2,(H,23,24). The van der Waals surface area contributed by atoms with Gasteiger partial charge in [0.2, 0.25) is 0 Å². The largest absolute Gasteiger partial charge is 0.435 e. The Kier molecular flexibility index (Phi) is 5.23. The highest BCUT2D eigenvalue weighted by Crippen LogP contribution is 2.16. The van der Waals surface area contributed by atoms with E-state index in [4.69, 9.17) is 0 Å². The predicted molar refractivity (Wildman–Crippen MR) is 93.1 cm³/mol. The smallest absolute Gasteiger partial charge is 0.387 e. The average Bonchev–Trinajstić information content (AvgIpc) is 2.62. The molecule has 0 spiro atoms. The highest BCUT2D eigenvalue weighted by atomic mass is 19.3. The van der Waals surface area contributed by atoms with Crippen molar-refractivity contribution in [3.05, 3.63) is 77.9 Å². The van der Waals surface area contributed by atoms with Crippen LogP contribution in [0.4, 0.5) is 8.78 Å². The Morgan fingerprint density at radius 2 is 1.68 bits per heavy atom. The minimum Gasteiger partial charge on any atom is -0.435 e. The van der Waals surface area contributed by atoms with Gasteiger partial charge in [-0.2, -0.15) is 8.78 Å². The zero-order valence-corrected chi connectivity index (χ0v) is 13.4. The zero-order valence-electron chi connectivity index (χ0n) is 13.4. The molecule has 3 aromatic carbocycles. The fourth-order valence-electron chi connectivity index (χ4n) is 2.59. The van der Waals surface area contributed by atoms with Gasteiger partial charge in [-0.1, -0.05) is 42.5 Å². The lowest BCUT2D eigenvalue weighted by Crippen LogP contribution is -2.25. The minimum atomic E-state index is -2.83. The van der Waals surface area contributed by atoms with Crippen LogP contribution < -0.4 is 10.1 Å². The molecule has 0 saturated carbocycles. The highest BCUT2D eigenvalue weighted by Gasteiger charge is 2.07. The molecule has 0 aliphatic carbocycles. The van der Waals surface area contributed by atoms with Crippen molar-refractivity contribution in [2.45, 2.75) is 13.0 Å². The van der Waals surface area contributed by atoms with E-state index in [0.29, 0.717) is 18.5 Å². The first-order chi connectivity index (χ1) is 12.1. The quantitative estimate of drug-likeness (QED) is 0.721. The Bertz CT molecular complexity index is 863. The molecule has 1 N–H and O–H groups in total. The summed E-state index contributed by atoms with van der Waals surface area (Å²) >= 11 is 0. The first-order valence-corrected chi connectivity index (χ1v) is 7.92.